The van der Waals surface area contributed by atoms with Crippen LogP contribution in [0.5, 0.6) is 0 Å². The van der Waals surface area contributed by atoms with Gasteiger partial charge in [-0.2, -0.15) is 0 Å². The number of anilines is 3. The highest BCUT2D eigenvalue weighted by Gasteiger charge is 2.13. The predicted molar refractivity (Wildman–Crippen MR) is 85.1 cm³/mol. The van der Waals surface area contributed by atoms with Crippen LogP contribution < -0.4 is 15.5 Å². The van der Waals surface area contributed by atoms with Crippen LogP contribution in [0.2, 0.25) is 0 Å². The van der Waals surface area contributed by atoms with E-state index < -0.39 is 0 Å². The maximum absolute atomic E-state index is 5.62. The molecule has 6 heteroatoms. The van der Waals surface area contributed by atoms with Crippen LogP contribution in [-0.4, -0.2) is 30.8 Å². The SMILES string of the molecule is CCCNC(C)c1nnc(Nc2ccc(N(C)C)cc2)o1. The molecule has 0 aliphatic rings. The van der Waals surface area contributed by atoms with E-state index in [9.17, 15) is 0 Å². The first-order chi connectivity index (χ1) is 10.1. The molecule has 0 saturated heterocycles. The molecule has 0 bridgehead atoms. The number of hydrogen-bond acceptors (Lipinski definition) is 6. The topological polar surface area (TPSA) is 66.2 Å². The Bertz CT molecular complexity index is 549. The molecule has 2 rings (SSSR count). The molecule has 2 aromatic rings. The largest absolute Gasteiger partial charge is 0.406 e. The van der Waals surface area contributed by atoms with E-state index >= 15 is 0 Å². The Morgan fingerprint density at radius 2 is 1.90 bits per heavy atom. The normalized spacial score (nSPS) is 12.2. The van der Waals surface area contributed by atoms with Crippen LogP contribution in [0.25, 0.3) is 0 Å². The number of nitrogens with one attached hydrogen (secondary N) is 2. The molecule has 1 atom stereocenters. The standard InChI is InChI=1S/C15H23N5O/c1-5-10-16-11(2)14-18-19-15(21-14)17-12-6-8-13(9-7-12)20(3)4/h6-9,11,16H,5,10H2,1-4H3,(H,17,19). The van der Waals surface area contributed by atoms with Crippen LogP contribution in [-0.2, 0) is 0 Å². The molecule has 1 heterocycles. The van der Waals surface area contributed by atoms with Crippen molar-refractivity contribution >= 4 is 17.4 Å². The zero-order chi connectivity index (χ0) is 15.2. The van der Waals surface area contributed by atoms with Gasteiger partial charge in [-0.25, -0.2) is 0 Å². The fourth-order valence-electron chi connectivity index (χ4n) is 1.87. The van der Waals surface area contributed by atoms with Crippen molar-refractivity contribution in [3.63, 3.8) is 0 Å². The first-order valence-corrected chi connectivity index (χ1v) is 7.21. The van der Waals surface area contributed by atoms with E-state index in [1.807, 2.05) is 45.3 Å². The van der Waals surface area contributed by atoms with Gasteiger partial charge in [0.1, 0.15) is 0 Å². The average molecular weight is 289 g/mol. The molecule has 1 unspecified atom stereocenters. The van der Waals surface area contributed by atoms with Crippen LogP contribution in [0.3, 0.4) is 0 Å². The van der Waals surface area contributed by atoms with Crippen molar-refractivity contribution < 1.29 is 4.42 Å². The highest BCUT2D eigenvalue weighted by Crippen LogP contribution is 2.20. The first kappa shape index (κ1) is 15.3. The summed E-state index contributed by atoms with van der Waals surface area (Å²) < 4.78 is 5.62. The molecule has 6 nitrogen and oxygen atoms in total. The molecule has 0 saturated carbocycles. The van der Waals surface area contributed by atoms with Crippen molar-refractivity contribution in [2.75, 3.05) is 30.9 Å². The molecule has 21 heavy (non-hydrogen) atoms. The Balaban J connectivity index is 1.98. The van der Waals surface area contributed by atoms with E-state index in [-0.39, 0.29) is 6.04 Å². The summed E-state index contributed by atoms with van der Waals surface area (Å²) in [5, 5.41) is 14.5. The Hall–Kier alpha value is -2.08. The van der Waals surface area contributed by atoms with Gasteiger partial charge in [0.2, 0.25) is 5.89 Å². The Morgan fingerprint density at radius 3 is 2.52 bits per heavy atom. The van der Waals surface area contributed by atoms with Crippen LogP contribution >= 0.6 is 0 Å². The zero-order valence-electron chi connectivity index (χ0n) is 13.1. The third kappa shape index (κ3) is 4.19. The Morgan fingerprint density at radius 1 is 1.19 bits per heavy atom. The van der Waals surface area contributed by atoms with E-state index in [0.29, 0.717) is 11.9 Å². The van der Waals surface area contributed by atoms with Gasteiger partial charge in [-0.1, -0.05) is 12.0 Å². The molecule has 2 N–H and O–H groups in total. The van der Waals surface area contributed by atoms with Crippen molar-refractivity contribution in [2.24, 2.45) is 0 Å². The lowest BCUT2D eigenvalue weighted by molar-refractivity contribution is 0.424. The number of aromatic nitrogens is 2. The van der Waals surface area contributed by atoms with E-state index in [2.05, 4.69) is 32.7 Å². The molecule has 0 fully saturated rings. The molecular formula is C15H23N5O. The Labute approximate surface area is 125 Å². The van der Waals surface area contributed by atoms with Gasteiger partial charge in [0.25, 0.3) is 0 Å². The van der Waals surface area contributed by atoms with Gasteiger partial charge in [-0.15, -0.1) is 5.10 Å². The van der Waals surface area contributed by atoms with Gasteiger partial charge in [0, 0.05) is 25.5 Å². The van der Waals surface area contributed by atoms with Crippen molar-refractivity contribution in [1.82, 2.24) is 15.5 Å². The monoisotopic (exact) mass is 289 g/mol. The molecule has 0 spiro atoms. The van der Waals surface area contributed by atoms with E-state index in [0.717, 1.165) is 24.3 Å². The molecule has 0 amide bonds. The van der Waals surface area contributed by atoms with Gasteiger partial charge in [-0.3, -0.25) is 0 Å². The highest BCUT2D eigenvalue weighted by molar-refractivity contribution is 5.58. The van der Waals surface area contributed by atoms with E-state index in [1.165, 1.54) is 0 Å². The molecule has 1 aromatic carbocycles. The maximum Gasteiger partial charge on any atom is 0.320 e. The van der Waals surface area contributed by atoms with Crippen molar-refractivity contribution in [2.45, 2.75) is 26.3 Å². The van der Waals surface area contributed by atoms with Crippen molar-refractivity contribution in [3.05, 3.63) is 30.2 Å². The summed E-state index contributed by atoms with van der Waals surface area (Å²) in [6.45, 7) is 5.06. The minimum absolute atomic E-state index is 0.0594. The molecule has 0 aliphatic carbocycles. The number of nitrogens with zero attached hydrogens (tertiary/aromatic N) is 3. The lowest BCUT2D eigenvalue weighted by Gasteiger charge is -2.12. The zero-order valence-corrected chi connectivity index (χ0v) is 13.1. The second-order valence-corrected chi connectivity index (χ2v) is 5.19. The van der Waals surface area contributed by atoms with Crippen LogP contribution in [0.4, 0.5) is 17.4 Å². The average Bonchev–Trinajstić information content (AvgIpc) is 2.94. The smallest absolute Gasteiger partial charge is 0.320 e. The number of rotatable bonds is 7. The summed E-state index contributed by atoms with van der Waals surface area (Å²) in [4.78, 5) is 2.05. The van der Waals surface area contributed by atoms with E-state index in [1.54, 1.807) is 0 Å². The predicted octanol–water partition coefficient (Wildman–Crippen LogP) is 2.94. The van der Waals surface area contributed by atoms with Gasteiger partial charge in [-0.05, 0) is 44.2 Å². The quantitative estimate of drug-likeness (QED) is 0.817. The molecule has 0 aliphatic heterocycles. The molecule has 0 radical (unpaired) electrons. The summed E-state index contributed by atoms with van der Waals surface area (Å²) >= 11 is 0. The summed E-state index contributed by atoms with van der Waals surface area (Å²) in [7, 11) is 4.02. The number of benzene rings is 1. The van der Waals surface area contributed by atoms with Crippen molar-refractivity contribution in [1.29, 1.82) is 0 Å². The van der Waals surface area contributed by atoms with Gasteiger partial charge >= 0.3 is 6.01 Å². The minimum atomic E-state index is 0.0594. The summed E-state index contributed by atoms with van der Waals surface area (Å²) in [6.07, 6.45) is 1.07. The van der Waals surface area contributed by atoms with E-state index in [4.69, 9.17) is 4.42 Å². The van der Waals surface area contributed by atoms with Crippen LogP contribution in [0.15, 0.2) is 28.7 Å². The van der Waals surface area contributed by atoms with Gasteiger partial charge in [0.05, 0.1) is 6.04 Å². The second-order valence-electron chi connectivity index (χ2n) is 5.19. The number of hydrogen-bond donors (Lipinski definition) is 2. The maximum atomic E-state index is 5.62. The van der Waals surface area contributed by atoms with Crippen molar-refractivity contribution in [3.8, 4) is 0 Å². The fraction of sp³-hybridized carbons (Fsp3) is 0.467. The summed E-state index contributed by atoms with van der Waals surface area (Å²) in [5.41, 5.74) is 2.06. The summed E-state index contributed by atoms with van der Waals surface area (Å²) in [5.74, 6) is 0.593. The minimum Gasteiger partial charge on any atom is -0.406 e. The van der Waals surface area contributed by atoms with Gasteiger partial charge in [0.15, 0.2) is 0 Å². The summed E-state index contributed by atoms with van der Waals surface area (Å²) in [6, 6.07) is 8.50. The Kier molecular flexibility index (Phi) is 5.16. The third-order valence-corrected chi connectivity index (χ3v) is 3.15. The second kappa shape index (κ2) is 7.08. The highest BCUT2D eigenvalue weighted by atomic mass is 16.4. The third-order valence-electron chi connectivity index (χ3n) is 3.15. The molecular weight excluding hydrogens is 266 g/mol. The molecule has 1 aromatic heterocycles. The van der Waals surface area contributed by atoms with Gasteiger partial charge < -0.3 is 20.0 Å². The lowest BCUT2D eigenvalue weighted by atomic mass is 10.2. The fourth-order valence-corrected chi connectivity index (χ4v) is 1.87. The first-order valence-electron chi connectivity index (χ1n) is 7.21. The lowest BCUT2D eigenvalue weighted by Crippen LogP contribution is -2.19. The molecule has 114 valence electrons. The van der Waals surface area contributed by atoms with Crippen LogP contribution in [0.1, 0.15) is 32.2 Å². The van der Waals surface area contributed by atoms with Crippen LogP contribution in [0, 0.1) is 0 Å².